The van der Waals surface area contributed by atoms with E-state index in [9.17, 15) is 0 Å². The molecule has 0 aliphatic carbocycles. The van der Waals surface area contributed by atoms with Crippen molar-refractivity contribution in [2.24, 2.45) is 0 Å². The van der Waals surface area contributed by atoms with Gasteiger partial charge in [0.15, 0.2) is 0 Å². The van der Waals surface area contributed by atoms with E-state index in [1.807, 2.05) is 24.7 Å². The van der Waals surface area contributed by atoms with Gasteiger partial charge in [0, 0.05) is 28.0 Å². The van der Waals surface area contributed by atoms with E-state index in [1.165, 1.54) is 11.3 Å². The second-order valence-electron chi connectivity index (χ2n) is 5.15. The van der Waals surface area contributed by atoms with Crippen molar-refractivity contribution in [2.75, 3.05) is 11.9 Å². The molecule has 1 aliphatic heterocycles. The number of rotatable bonds is 2. The standard InChI is InChI=1S/C17H14BrN3/c18-15-4-2-1-3-14(15)17-10-19-11-21(17)13-5-6-16-12(9-13)7-8-20-16/h1-6,9-11,20H,7-8H2. The zero-order chi connectivity index (χ0) is 14.2. The summed E-state index contributed by atoms with van der Waals surface area (Å²) in [6.07, 6.45) is 4.87. The molecule has 0 amide bonds. The number of anilines is 1. The molecule has 2 aromatic carbocycles. The molecule has 2 heterocycles. The normalized spacial score (nSPS) is 13.0. The highest BCUT2D eigenvalue weighted by molar-refractivity contribution is 9.10. The molecule has 4 rings (SSSR count). The van der Waals surface area contributed by atoms with Gasteiger partial charge in [-0.25, -0.2) is 4.98 Å². The lowest BCUT2D eigenvalue weighted by Crippen LogP contribution is -1.96. The average Bonchev–Trinajstić information content (AvgIpc) is 3.15. The van der Waals surface area contributed by atoms with E-state index in [0.29, 0.717) is 0 Å². The molecule has 0 saturated carbocycles. The number of hydrogen-bond donors (Lipinski definition) is 1. The van der Waals surface area contributed by atoms with Gasteiger partial charge in [-0.15, -0.1) is 0 Å². The van der Waals surface area contributed by atoms with Crippen LogP contribution in [0, 0.1) is 0 Å². The molecule has 0 atom stereocenters. The van der Waals surface area contributed by atoms with E-state index in [4.69, 9.17) is 0 Å². The smallest absolute Gasteiger partial charge is 0.0997 e. The predicted molar refractivity (Wildman–Crippen MR) is 88.9 cm³/mol. The van der Waals surface area contributed by atoms with Crippen LogP contribution in [-0.2, 0) is 6.42 Å². The number of fused-ring (bicyclic) bond motifs is 1. The summed E-state index contributed by atoms with van der Waals surface area (Å²) in [5, 5.41) is 3.40. The highest BCUT2D eigenvalue weighted by Crippen LogP contribution is 2.31. The lowest BCUT2D eigenvalue weighted by molar-refractivity contribution is 1.05. The summed E-state index contributed by atoms with van der Waals surface area (Å²) in [5.74, 6) is 0. The van der Waals surface area contributed by atoms with Crippen LogP contribution < -0.4 is 5.32 Å². The average molecular weight is 340 g/mol. The van der Waals surface area contributed by atoms with Gasteiger partial charge in [0.2, 0.25) is 0 Å². The van der Waals surface area contributed by atoms with Crippen LogP contribution in [0.1, 0.15) is 5.56 Å². The van der Waals surface area contributed by atoms with Crippen LogP contribution in [0.3, 0.4) is 0 Å². The van der Waals surface area contributed by atoms with Crippen LogP contribution in [0.5, 0.6) is 0 Å². The molecule has 3 aromatic rings. The molecule has 4 heteroatoms. The highest BCUT2D eigenvalue weighted by atomic mass is 79.9. The fourth-order valence-electron chi connectivity index (χ4n) is 2.81. The van der Waals surface area contributed by atoms with Gasteiger partial charge in [-0.05, 0) is 36.2 Å². The molecule has 0 radical (unpaired) electrons. The van der Waals surface area contributed by atoms with Gasteiger partial charge in [-0.3, -0.25) is 4.57 Å². The van der Waals surface area contributed by atoms with Crippen LogP contribution in [-0.4, -0.2) is 16.1 Å². The van der Waals surface area contributed by atoms with Gasteiger partial charge >= 0.3 is 0 Å². The number of benzene rings is 2. The van der Waals surface area contributed by atoms with Crippen molar-refractivity contribution in [3.63, 3.8) is 0 Å². The van der Waals surface area contributed by atoms with Gasteiger partial charge in [0.25, 0.3) is 0 Å². The zero-order valence-corrected chi connectivity index (χ0v) is 13.0. The fourth-order valence-corrected chi connectivity index (χ4v) is 3.30. The molecule has 3 nitrogen and oxygen atoms in total. The Morgan fingerprint density at radius 2 is 2.05 bits per heavy atom. The van der Waals surface area contributed by atoms with Gasteiger partial charge in [-0.1, -0.05) is 34.1 Å². The Bertz CT molecular complexity index is 807. The van der Waals surface area contributed by atoms with E-state index in [1.54, 1.807) is 0 Å². The van der Waals surface area contributed by atoms with Gasteiger partial charge in [0.1, 0.15) is 0 Å². The van der Waals surface area contributed by atoms with Crippen molar-refractivity contribution in [3.05, 3.63) is 65.0 Å². The maximum atomic E-state index is 4.34. The van der Waals surface area contributed by atoms with E-state index >= 15 is 0 Å². The molecule has 0 spiro atoms. The van der Waals surface area contributed by atoms with Crippen LogP contribution in [0.15, 0.2) is 59.5 Å². The summed E-state index contributed by atoms with van der Waals surface area (Å²) in [5.41, 5.74) is 6.02. The largest absolute Gasteiger partial charge is 0.384 e. The Morgan fingerprint density at radius 3 is 2.95 bits per heavy atom. The number of nitrogens with one attached hydrogen (secondary N) is 1. The summed E-state index contributed by atoms with van der Waals surface area (Å²) in [6.45, 7) is 1.03. The Hall–Kier alpha value is -2.07. The maximum Gasteiger partial charge on any atom is 0.0997 e. The summed E-state index contributed by atoms with van der Waals surface area (Å²) < 4.78 is 3.22. The molecular weight excluding hydrogens is 326 g/mol. The first-order valence-electron chi connectivity index (χ1n) is 6.97. The summed E-state index contributed by atoms with van der Waals surface area (Å²) >= 11 is 3.62. The predicted octanol–water partition coefficient (Wildman–Crippen LogP) is 4.27. The number of nitrogens with zero attached hydrogens (tertiary/aromatic N) is 2. The lowest BCUT2D eigenvalue weighted by Gasteiger charge is -2.11. The van der Waals surface area contributed by atoms with Crippen LogP contribution in [0.4, 0.5) is 5.69 Å². The van der Waals surface area contributed by atoms with E-state index < -0.39 is 0 Å². The van der Waals surface area contributed by atoms with E-state index in [0.717, 1.165) is 34.4 Å². The molecule has 1 aliphatic rings. The SMILES string of the molecule is Brc1ccccc1-c1cncn1-c1ccc2c(c1)CCN2. The van der Waals surface area contributed by atoms with Crippen molar-refractivity contribution < 1.29 is 0 Å². The summed E-state index contributed by atoms with van der Waals surface area (Å²) in [7, 11) is 0. The molecule has 0 fully saturated rings. The molecule has 1 N–H and O–H groups in total. The Labute approximate surface area is 131 Å². The van der Waals surface area contributed by atoms with Crippen LogP contribution in [0.25, 0.3) is 16.9 Å². The third-order valence-corrected chi connectivity index (χ3v) is 4.56. The third kappa shape index (κ3) is 2.16. The number of imidazole rings is 1. The molecule has 0 unspecified atom stereocenters. The van der Waals surface area contributed by atoms with Gasteiger partial charge < -0.3 is 5.32 Å². The third-order valence-electron chi connectivity index (χ3n) is 3.87. The molecule has 21 heavy (non-hydrogen) atoms. The van der Waals surface area contributed by atoms with E-state index in [-0.39, 0.29) is 0 Å². The van der Waals surface area contributed by atoms with E-state index in [2.05, 4.69) is 61.1 Å². The topological polar surface area (TPSA) is 29.9 Å². The molecule has 104 valence electrons. The van der Waals surface area contributed by atoms with Crippen LogP contribution in [0.2, 0.25) is 0 Å². The summed E-state index contributed by atoms with van der Waals surface area (Å²) in [4.78, 5) is 4.34. The van der Waals surface area contributed by atoms with Crippen molar-refractivity contribution in [3.8, 4) is 16.9 Å². The highest BCUT2D eigenvalue weighted by Gasteiger charge is 2.13. The van der Waals surface area contributed by atoms with Crippen molar-refractivity contribution in [1.29, 1.82) is 0 Å². The first kappa shape index (κ1) is 12.7. The Balaban J connectivity index is 1.84. The van der Waals surface area contributed by atoms with Crippen molar-refractivity contribution in [1.82, 2.24) is 9.55 Å². The number of aromatic nitrogens is 2. The maximum absolute atomic E-state index is 4.34. The quantitative estimate of drug-likeness (QED) is 0.755. The molecular formula is C17H14BrN3. The zero-order valence-electron chi connectivity index (χ0n) is 11.4. The van der Waals surface area contributed by atoms with Crippen molar-refractivity contribution >= 4 is 21.6 Å². The molecule has 1 aromatic heterocycles. The fraction of sp³-hybridized carbons (Fsp3) is 0.118. The summed E-state index contributed by atoms with van der Waals surface area (Å²) in [6, 6.07) is 14.8. The van der Waals surface area contributed by atoms with Gasteiger partial charge in [-0.2, -0.15) is 0 Å². The monoisotopic (exact) mass is 339 g/mol. The minimum atomic E-state index is 1.03. The number of halogens is 1. The minimum Gasteiger partial charge on any atom is -0.384 e. The van der Waals surface area contributed by atoms with Crippen LogP contribution >= 0.6 is 15.9 Å². The lowest BCUT2D eigenvalue weighted by atomic mass is 10.1. The first-order chi connectivity index (χ1) is 10.3. The second-order valence-corrected chi connectivity index (χ2v) is 6.00. The molecule has 0 bridgehead atoms. The Morgan fingerprint density at radius 1 is 1.14 bits per heavy atom. The Kier molecular flexibility index (Phi) is 3.04. The minimum absolute atomic E-state index is 1.03. The van der Waals surface area contributed by atoms with Gasteiger partial charge in [0.05, 0.1) is 18.2 Å². The first-order valence-corrected chi connectivity index (χ1v) is 7.76. The second kappa shape index (κ2) is 5.04. The molecule has 0 saturated heterocycles. The number of hydrogen-bond acceptors (Lipinski definition) is 2. The van der Waals surface area contributed by atoms with Crippen molar-refractivity contribution in [2.45, 2.75) is 6.42 Å².